The maximum Gasteiger partial charge on any atom is 0.265 e. The average Bonchev–Trinajstić information content (AvgIpc) is 3.71. The molecule has 6 rings (SSSR count). The largest absolute Gasteiger partial charge is 0.362 e. The number of nitrogens with one attached hydrogen (secondary N) is 2. The lowest BCUT2D eigenvalue weighted by Gasteiger charge is -2.26. The number of carbonyl (C=O) groups excluding carboxylic acids is 3. The van der Waals surface area contributed by atoms with E-state index in [0.29, 0.717) is 45.8 Å². The van der Waals surface area contributed by atoms with Gasteiger partial charge in [-0.25, -0.2) is 9.97 Å². The number of hydrogen-bond acceptors (Lipinski definition) is 5. The normalized spacial score (nSPS) is 18.4. The highest BCUT2D eigenvalue weighted by Crippen LogP contribution is 2.43. The van der Waals surface area contributed by atoms with Crippen molar-refractivity contribution in [1.29, 1.82) is 0 Å². The molecule has 2 atom stereocenters. The van der Waals surface area contributed by atoms with Crippen LogP contribution in [0, 0.1) is 6.92 Å². The first-order valence-corrected chi connectivity index (χ1v) is 17.4. The Bertz CT molecular complexity index is 1950. The second-order valence-corrected chi connectivity index (χ2v) is 13.5. The number of aromatic amines is 2. The Balaban J connectivity index is 1.76. The number of unbranched alkanes of at least 4 members (excludes halogenated alkanes) is 3. The number of carbonyl (C=O) groups is 3. The number of aryl methyl sites for hydroxylation is 1. The fourth-order valence-electron chi connectivity index (χ4n) is 7.76. The van der Waals surface area contributed by atoms with Crippen LogP contribution in [0.3, 0.4) is 0 Å². The summed E-state index contributed by atoms with van der Waals surface area (Å²) >= 11 is 0. The number of nitrogens with zero attached hydrogens (tertiary/aromatic N) is 3. The van der Waals surface area contributed by atoms with Crippen LogP contribution in [-0.4, -0.2) is 49.0 Å². The zero-order chi connectivity index (χ0) is 33.7. The van der Waals surface area contributed by atoms with Crippen LogP contribution in [0.2, 0.25) is 0 Å². The molecule has 2 aromatic heterocycles. The molecule has 0 saturated heterocycles. The van der Waals surface area contributed by atoms with E-state index in [1.165, 1.54) is 4.90 Å². The minimum absolute atomic E-state index is 0.0266. The number of H-pyrrole nitrogens is 2. The third-order valence-electron chi connectivity index (χ3n) is 10.5. The van der Waals surface area contributed by atoms with Gasteiger partial charge in [-0.05, 0) is 87.4 Å². The van der Waals surface area contributed by atoms with Gasteiger partial charge in [0.05, 0.1) is 39.4 Å². The Labute approximate surface area is 277 Å². The Morgan fingerprint density at radius 3 is 2.23 bits per heavy atom. The third-order valence-corrected chi connectivity index (χ3v) is 10.5. The lowest BCUT2D eigenvalue weighted by Crippen LogP contribution is -2.41. The highest BCUT2D eigenvalue weighted by molar-refractivity contribution is 6.27. The molecule has 4 aliphatic rings. The number of amides is 2. The molecule has 0 saturated carbocycles. The molecule has 2 N–H and O–H groups in total. The number of Topliss-reactive ketones (excluding diaryl/α,β-unsaturated/α-hetero) is 1. The predicted molar refractivity (Wildman–Crippen MR) is 189 cm³/mol. The maximum absolute atomic E-state index is 14.5. The van der Waals surface area contributed by atoms with Crippen LogP contribution in [0.4, 0.5) is 0 Å². The van der Waals surface area contributed by atoms with Crippen LogP contribution >= 0.6 is 0 Å². The molecule has 0 aliphatic carbocycles. The van der Waals surface area contributed by atoms with E-state index in [0.717, 1.165) is 89.8 Å². The van der Waals surface area contributed by atoms with Gasteiger partial charge in [-0.15, -0.1) is 0 Å². The number of hydrogen-bond donors (Lipinski definition) is 2. The molecule has 0 aromatic carbocycles. The number of imide groups is 1. The van der Waals surface area contributed by atoms with Crippen LogP contribution in [0.25, 0.3) is 33.3 Å². The van der Waals surface area contributed by atoms with Crippen LogP contribution < -0.4 is 0 Å². The molecule has 246 valence electrons. The molecular formula is C39H47N5O3. The third kappa shape index (κ3) is 5.35. The summed E-state index contributed by atoms with van der Waals surface area (Å²) in [5, 5.41) is 0. The lowest BCUT2D eigenvalue weighted by atomic mass is 9.89. The van der Waals surface area contributed by atoms with Crippen molar-refractivity contribution in [1.82, 2.24) is 24.8 Å². The smallest absolute Gasteiger partial charge is 0.265 e. The number of fused-ring (bicyclic) bond motifs is 8. The molecule has 4 aliphatic heterocycles. The van der Waals surface area contributed by atoms with Gasteiger partial charge in [0.2, 0.25) is 0 Å². The summed E-state index contributed by atoms with van der Waals surface area (Å²) in [6.07, 6.45) is 6.37. The molecule has 0 unspecified atom stereocenters. The van der Waals surface area contributed by atoms with Gasteiger partial charge >= 0.3 is 0 Å². The molecule has 6 heterocycles. The quantitative estimate of drug-likeness (QED) is 0.211. The molecular weight excluding hydrogens is 586 g/mol. The van der Waals surface area contributed by atoms with Crippen molar-refractivity contribution >= 4 is 50.9 Å². The first-order valence-electron chi connectivity index (χ1n) is 17.4. The SMILES string of the molecule is CCCCCCN1C(=O)c2c3nc(cc4nc(cc5[nH]c(cc6[nH]c2c(c6C)C1=O)[C@H](CC)[C@H]5C)C(C(C)=O)=C4C)C(C)=C3CCC. The molecule has 8 bridgehead atoms. The van der Waals surface area contributed by atoms with Gasteiger partial charge in [-0.2, -0.15) is 0 Å². The van der Waals surface area contributed by atoms with E-state index in [2.05, 4.69) is 43.7 Å². The highest BCUT2D eigenvalue weighted by atomic mass is 16.2. The summed E-state index contributed by atoms with van der Waals surface area (Å²) in [7, 11) is 0. The van der Waals surface area contributed by atoms with Crippen LogP contribution in [0.5, 0.6) is 0 Å². The van der Waals surface area contributed by atoms with Gasteiger partial charge in [-0.3, -0.25) is 19.3 Å². The first-order chi connectivity index (χ1) is 22.5. The van der Waals surface area contributed by atoms with Crippen LogP contribution in [0.15, 0.2) is 18.2 Å². The molecule has 47 heavy (non-hydrogen) atoms. The second kappa shape index (κ2) is 12.7. The van der Waals surface area contributed by atoms with Crippen LogP contribution in [-0.2, 0) is 4.79 Å². The van der Waals surface area contributed by atoms with Crippen molar-refractivity contribution in [3.63, 3.8) is 0 Å². The van der Waals surface area contributed by atoms with E-state index in [1.807, 2.05) is 32.9 Å². The van der Waals surface area contributed by atoms with Crippen molar-refractivity contribution in [2.75, 3.05) is 6.54 Å². The number of allylic oxidation sites excluding steroid dienone is 4. The van der Waals surface area contributed by atoms with Gasteiger partial charge in [0, 0.05) is 40.9 Å². The Hall–Kier alpha value is -4.33. The maximum atomic E-state index is 14.5. The Morgan fingerprint density at radius 1 is 0.830 bits per heavy atom. The summed E-state index contributed by atoms with van der Waals surface area (Å²) < 4.78 is 0. The van der Waals surface area contributed by atoms with E-state index in [9.17, 15) is 14.4 Å². The lowest BCUT2D eigenvalue weighted by molar-refractivity contribution is -0.111. The monoisotopic (exact) mass is 633 g/mol. The number of ketones is 1. The van der Waals surface area contributed by atoms with Crippen molar-refractivity contribution in [3.8, 4) is 0 Å². The summed E-state index contributed by atoms with van der Waals surface area (Å²) in [5.41, 5.74) is 11.4. The molecule has 8 nitrogen and oxygen atoms in total. The molecule has 8 heteroatoms. The molecule has 0 spiro atoms. The topological polar surface area (TPSA) is 112 Å². The predicted octanol–water partition coefficient (Wildman–Crippen LogP) is 9.07. The van der Waals surface area contributed by atoms with Gasteiger partial charge in [0.25, 0.3) is 11.8 Å². The van der Waals surface area contributed by atoms with E-state index in [1.54, 1.807) is 6.92 Å². The highest BCUT2D eigenvalue weighted by Gasteiger charge is 2.38. The van der Waals surface area contributed by atoms with Crippen molar-refractivity contribution in [3.05, 3.63) is 69.1 Å². The molecule has 0 fully saturated rings. The van der Waals surface area contributed by atoms with Crippen molar-refractivity contribution in [2.24, 2.45) is 0 Å². The van der Waals surface area contributed by atoms with Crippen LogP contribution in [0.1, 0.15) is 166 Å². The second-order valence-electron chi connectivity index (χ2n) is 13.5. The van der Waals surface area contributed by atoms with Gasteiger partial charge in [-0.1, -0.05) is 53.4 Å². The van der Waals surface area contributed by atoms with Crippen molar-refractivity contribution in [2.45, 2.75) is 112 Å². The minimum Gasteiger partial charge on any atom is -0.362 e. The van der Waals surface area contributed by atoms with Crippen molar-refractivity contribution < 1.29 is 14.4 Å². The van der Waals surface area contributed by atoms with E-state index in [-0.39, 0.29) is 29.4 Å². The summed E-state index contributed by atoms with van der Waals surface area (Å²) in [4.78, 5) is 60.5. The minimum atomic E-state index is -0.296. The summed E-state index contributed by atoms with van der Waals surface area (Å²) in [6, 6.07) is 6.08. The van der Waals surface area contributed by atoms with E-state index >= 15 is 0 Å². The molecule has 2 aromatic rings. The van der Waals surface area contributed by atoms with Gasteiger partial charge < -0.3 is 9.97 Å². The average molecular weight is 634 g/mol. The Morgan fingerprint density at radius 2 is 1.55 bits per heavy atom. The number of aromatic nitrogens is 4. The van der Waals surface area contributed by atoms with Gasteiger partial charge in [0.1, 0.15) is 0 Å². The fourth-order valence-corrected chi connectivity index (χ4v) is 7.76. The fraction of sp³-hybridized carbons (Fsp3) is 0.462. The van der Waals surface area contributed by atoms with E-state index in [4.69, 9.17) is 9.97 Å². The van der Waals surface area contributed by atoms with Gasteiger partial charge in [0.15, 0.2) is 5.78 Å². The zero-order valence-corrected chi connectivity index (χ0v) is 29.1. The first kappa shape index (κ1) is 32.6. The Kier molecular flexibility index (Phi) is 8.81. The number of rotatable bonds is 9. The summed E-state index contributed by atoms with van der Waals surface area (Å²) in [6.45, 7) is 16.6. The zero-order valence-electron chi connectivity index (χ0n) is 29.1. The molecule has 0 radical (unpaired) electrons. The standard InChI is InChI=1S/C39H47N5O3/c1-9-12-13-14-16-44-38(46)34-23(7)30-18-31-25(11-3)20(4)27(40-31)19-32-33(24(8)45)22(6)29(41-32)17-28-21(5)26(15-10-2)36(42-28)35(39(44)47)37(34)43-30/h17-20,25,40,43H,9-16H2,1-8H3/t20-,25-/m1/s1. The molecule has 2 amide bonds. The summed E-state index contributed by atoms with van der Waals surface area (Å²) in [5.74, 6) is -0.198. The van der Waals surface area contributed by atoms with E-state index < -0.39 is 0 Å².